The average molecular weight is 211 g/mol. The molecule has 0 aromatic rings. The van der Waals surface area contributed by atoms with Gasteiger partial charge in [-0.2, -0.15) is 11.8 Å². The van der Waals surface area contributed by atoms with E-state index in [1.807, 2.05) is 11.8 Å². The van der Waals surface area contributed by atoms with Gasteiger partial charge in [-0.25, -0.2) is 0 Å². The van der Waals surface area contributed by atoms with E-state index in [0.717, 1.165) is 11.7 Å². The predicted molar refractivity (Wildman–Crippen MR) is 60.4 cm³/mol. The minimum Gasteiger partial charge on any atom is -0.385 e. The van der Waals surface area contributed by atoms with Crippen molar-refractivity contribution in [2.24, 2.45) is 0 Å². The maximum absolute atomic E-state index is 11.0. The fourth-order valence-electron chi connectivity index (χ4n) is 2.26. The van der Waals surface area contributed by atoms with Crippen molar-refractivity contribution in [2.45, 2.75) is 43.4 Å². The van der Waals surface area contributed by atoms with Gasteiger partial charge in [-0.05, 0) is 31.9 Å². The van der Waals surface area contributed by atoms with Crippen LogP contribution >= 0.6 is 11.8 Å². The predicted octanol–water partition coefficient (Wildman–Crippen LogP) is 2.11. The second-order valence-corrected chi connectivity index (χ2v) is 5.29. The van der Waals surface area contributed by atoms with Crippen LogP contribution in [0.1, 0.15) is 32.1 Å². The molecule has 78 valence electrons. The summed E-state index contributed by atoms with van der Waals surface area (Å²) in [5.41, 5.74) is 1.17. The molecular formula is C11H17NOS. The fraction of sp³-hybridized carbons (Fsp3) is 0.727. The van der Waals surface area contributed by atoms with Crippen LogP contribution in [-0.2, 0) is 4.79 Å². The summed E-state index contributed by atoms with van der Waals surface area (Å²) in [5.74, 6) is 0.284. The van der Waals surface area contributed by atoms with Crippen LogP contribution in [0.3, 0.4) is 0 Å². The Hall–Kier alpha value is -0.440. The van der Waals surface area contributed by atoms with Gasteiger partial charge in [0.25, 0.3) is 0 Å². The van der Waals surface area contributed by atoms with Crippen molar-refractivity contribution in [3.8, 4) is 0 Å². The van der Waals surface area contributed by atoms with Crippen LogP contribution in [0.2, 0.25) is 0 Å². The highest BCUT2D eigenvalue weighted by Crippen LogP contribution is 2.29. The zero-order valence-electron chi connectivity index (χ0n) is 8.58. The van der Waals surface area contributed by atoms with Gasteiger partial charge >= 0.3 is 0 Å². The van der Waals surface area contributed by atoms with E-state index in [1.165, 1.54) is 25.0 Å². The molecule has 1 fully saturated rings. The Morgan fingerprint density at radius 3 is 2.86 bits per heavy atom. The van der Waals surface area contributed by atoms with E-state index in [2.05, 4.69) is 11.6 Å². The third kappa shape index (κ3) is 2.32. The minimum absolute atomic E-state index is 0.284. The number of carbonyl (C=O) groups is 1. The second-order valence-electron chi connectivity index (χ2n) is 4.15. The molecule has 0 bridgehead atoms. The number of allylic oxidation sites excluding steroid dienone is 2. The molecule has 0 aromatic heterocycles. The molecule has 2 unspecified atom stereocenters. The van der Waals surface area contributed by atoms with Crippen molar-refractivity contribution in [2.75, 3.05) is 6.26 Å². The lowest BCUT2D eigenvalue weighted by molar-refractivity contribution is -0.114. The Kier molecular flexibility index (Phi) is 3.16. The minimum atomic E-state index is 0.284. The number of rotatable bonds is 3. The van der Waals surface area contributed by atoms with Gasteiger partial charge in [-0.3, -0.25) is 4.79 Å². The number of nitrogens with one attached hydrogen (secondary N) is 1. The smallest absolute Gasteiger partial charge is 0.157 e. The second kappa shape index (κ2) is 4.39. The maximum Gasteiger partial charge on any atom is 0.157 e. The lowest BCUT2D eigenvalue weighted by atomic mass is 10.2. The maximum atomic E-state index is 11.0. The van der Waals surface area contributed by atoms with Crippen LogP contribution in [-0.4, -0.2) is 23.3 Å². The van der Waals surface area contributed by atoms with Crippen LogP contribution in [0.4, 0.5) is 0 Å². The molecule has 0 saturated heterocycles. The first-order valence-electron chi connectivity index (χ1n) is 5.30. The molecule has 2 aliphatic rings. The van der Waals surface area contributed by atoms with E-state index in [-0.39, 0.29) is 5.78 Å². The van der Waals surface area contributed by atoms with Crippen molar-refractivity contribution in [3.05, 3.63) is 11.8 Å². The summed E-state index contributed by atoms with van der Waals surface area (Å²) in [7, 11) is 0. The van der Waals surface area contributed by atoms with Crippen LogP contribution < -0.4 is 5.32 Å². The van der Waals surface area contributed by atoms with Crippen molar-refractivity contribution >= 4 is 17.5 Å². The molecular weight excluding hydrogens is 194 g/mol. The van der Waals surface area contributed by atoms with Gasteiger partial charge in [0, 0.05) is 29.5 Å². The molecule has 2 aliphatic carbocycles. The zero-order chi connectivity index (χ0) is 9.97. The van der Waals surface area contributed by atoms with Gasteiger partial charge in [-0.1, -0.05) is 0 Å². The zero-order valence-corrected chi connectivity index (χ0v) is 9.40. The lowest BCUT2D eigenvalue weighted by Crippen LogP contribution is -2.25. The first-order chi connectivity index (χ1) is 6.78. The van der Waals surface area contributed by atoms with Gasteiger partial charge in [0.1, 0.15) is 0 Å². The van der Waals surface area contributed by atoms with Crippen LogP contribution in [0, 0.1) is 0 Å². The highest BCUT2D eigenvalue weighted by Gasteiger charge is 2.25. The quantitative estimate of drug-likeness (QED) is 0.775. The molecule has 2 nitrogen and oxygen atoms in total. The Morgan fingerprint density at radius 1 is 1.43 bits per heavy atom. The number of carbonyl (C=O) groups excluding carboxylic acids is 1. The largest absolute Gasteiger partial charge is 0.385 e. The summed E-state index contributed by atoms with van der Waals surface area (Å²) in [4.78, 5) is 11.0. The highest BCUT2D eigenvalue weighted by atomic mass is 32.2. The third-order valence-corrected chi connectivity index (χ3v) is 4.18. The first kappa shape index (κ1) is 10.1. The van der Waals surface area contributed by atoms with Crippen LogP contribution in [0.5, 0.6) is 0 Å². The molecule has 2 rings (SSSR count). The van der Waals surface area contributed by atoms with Gasteiger partial charge in [0.15, 0.2) is 5.78 Å². The summed E-state index contributed by atoms with van der Waals surface area (Å²) in [6, 6.07) is 0.615. The molecule has 0 heterocycles. The van der Waals surface area contributed by atoms with Crippen molar-refractivity contribution < 1.29 is 4.79 Å². The third-order valence-electron chi connectivity index (χ3n) is 3.08. The van der Waals surface area contributed by atoms with Gasteiger partial charge < -0.3 is 5.32 Å². The molecule has 2 atom stereocenters. The normalized spacial score (nSPS) is 32.1. The van der Waals surface area contributed by atoms with Crippen molar-refractivity contribution in [3.63, 3.8) is 0 Å². The Balaban J connectivity index is 1.82. The molecule has 14 heavy (non-hydrogen) atoms. The van der Waals surface area contributed by atoms with Crippen LogP contribution in [0.25, 0.3) is 0 Å². The Labute approximate surface area is 89.5 Å². The molecule has 1 saturated carbocycles. The van der Waals surface area contributed by atoms with E-state index < -0.39 is 0 Å². The number of ketones is 1. The molecule has 0 amide bonds. The monoisotopic (exact) mass is 211 g/mol. The number of hydrogen-bond acceptors (Lipinski definition) is 3. The Morgan fingerprint density at radius 2 is 2.29 bits per heavy atom. The standard InChI is InChI=1S/C11H17NOS/c1-14-11-5-3-9(7-11)12-8-2-4-10(13)6-8/h6,9,11-12H,2-5,7H2,1H3. The summed E-state index contributed by atoms with van der Waals surface area (Å²) in [5, 5.41) is 4.32. The van der Waals surface area contributed by atoms with Gasteiger partial charge in [-0.15, -0.1) is 0 Å². The Bertz CT molecular complexity index is 262. The van der Waals surface area contributed by atoms with Gasteiger partial charge in [0.2, 0.25) is 0 Å². The lowest BCUT2D eigenvalue weighted by Gasteiger charge is -2.14. The van der Waals surface area contributed by atoms with Crippen molar-refractivity contribution in [1.29, 1.82) is 0 Å². The van der Waals surface area contributed by atoms with E-state index in [9.17, 15) is 4.79 Å². The van der Waals surface area contributed by atoms with Crippen LogP contribution in [0.15, 0.2) is 11.8 Å². The first-order valence-corrected chi connectivity index (χ1v) is 6.59. The summed E-state index contributed by atoms with van der Waals surface area (Å²) < 4.78 is 0. The molecule has 0 aliphatic heterocycles. The molecule has 0 radical (unpaired) electrons. The SMILES string of the molecule is CSC1CCC(NC2=CC(=O)CC2)C1. The fourth-order valence-corrected chi connectivity index (χ4v) is 3.05. The van der Waals surface area contributed by atoms with E-state index >= 15 is 0 Å². The van der Waals surface area contributed by atoms with Crippen molar-refractivity contribution in [1.82, 2.24) is 5.32 Å². The molecule has 1 N–H and O–H groups in total. The average Bonchev–Trinajstić information content (AvgIpc) is 2.76. The summed E-state index contributed by atoms with van der Waals surface area (Å²) in [6.45, 7) is 0. The summed E-state index contributed by atoms with van der Waals surface area (Å²) in [6.07, 6.45) is 9.45. The van der Waals surface area contributed by atoms with E-state index in [0.29, 0.717) is 12.5 Å². The van der Waals surface area contributed by atoms with E-state index in [1.54, 1.807) is 6.08 Å². The number of hydrogen-bond donors (Lipinski definition) is 1. The summed E-state index contributed by atoms with van der Waals surface area (Å²) >= 11 is 1.97. The number of thioether (sulfide) groups is 1. The topological polar surface area (TPSA) is 29.1 Å². The molecule has 3 heteroatoms. The van der Waals surface area contributed by atoms with E-state index in [4.69, 9.17) is 0 Å². The molecule has 0 aromatic carbocycles. The molecule has 0 spiro atoms. The van der Waals surface area contributed by atoms with Gasteiger partial charge in [0.05, 0.1) is 0 Å². The highest BCUT2D eigenvalue weighted by molar-refractivity contribution is 7.99.